The maximum atomic E-state index is 9.32. The van der Waals surface area contributed by atoms with Crippen LogP contribution in [-0.4, -0.2) is 64.8 Å². The second-order valence-corrected chi connectivity index (χ2v) is 3.00. The molecule has 0 aliphatic carbocycles. The second-order valence-electron chi connectivity index (χ2n) is 3.00. The van der Waals surface area contributed by atoms with E-state index in [0.29, 0.717) is 0 Å². The van der Waals surface area contributed by atoms with Crippen LogP contribution in [0.15, 0.2) is 0 Å². The maximum absolute atomic E-state index is 9.32. The van der Waals surface area contributed by atoms with E-state index in [1.807, 2.05) is 0 Å². The maximum Gasteiger partial charge on any atom is 0.184 e. The first-order valence-electron chi connectivity index (χ1n) is 3.94. The van der Waals surface area contributed by atoms with Crippen LogP contribution in [0.25, 0.3) is 0 Å². The fraction of sp³-hybridized carbons (Fsp3) is 1.00. The molecule has 1 saturated heterocycles. The summed E-state index contributed by atoms with van der Waals surface area (Å²) in [7, 11) is 1.39. The average Bonchev–Trinajstić information content (AvgIpc) is 2.33. The number of rotatable bonds is 3. The molecule has 0 bridgehead atoms. The summed E-state index contributed by atoms with van der Waals surface area (Å²) < 4.78 is 9.36. The minimum Gasteiger partial charge on any atom is -0.388 e. The van der Waals surface area contributed by atoms with Gasteiger partial charge in [-0.15, -0.1) is 0 Å². The molecule has 5 atom stereocenters. The molecule has 0 radical (unpaired) electrons. The molecule has 4 N–H and O–H groups in total. The summed E-state index contributed by atoms with van der Waals surface area (Å²) in [5.41, 5.74) is 0. The number of aliphatic hydroxyl groups excluding tert-OH is 4. The molecule has 0 saturated carbocycles. The van der Waals surface area contributed by atoms with Gasteiger partial charge in [-0.25, -0.2) is 0 Å². The molecule has 0 aromatic rings. The lowest BCUT2D eigenvalue weighted by atomic mass is 10.1. The summed E-state index contributed by atoms with van der Waals surface area (Å²) in [6.07, 6.45) is -6.19. The van der Waals surface area contributed by atoms with Crippen LogP contribution in [-0.2, 0) is 9.47 Å². The Morgan fingerprint density at radius 1 is 1.31 bits per heavy atom. The molecule has 1 unspecified atom stereocenters. The highest BCUT2D eigenvalue weighted by Gasteiger charge is 2.45. The van der Waals surface area contributed by atoms with Gasteiger partial charge in [0, 0.05) is 7.11 Å². The molecule has 1 aliphatic rings. The number of aliphatic hydroxyl groups is 4. The van der Waals surface area contributed by atoms with E-state index in [-0.39, 0.29) is 6.61 Å². The van der Waals surface area contributed by atoms with Gasteiger partial charge >= 0.3 is 0 Å². The molecule has 0 aromatic heterocycles. The lowest BCUT2D eigenvalue weighted by molar-refractivity contribution is -0.151. The Morgan fingerprint density at radius 3 is 2.31 bits per heavy atom. The molecule has 0 spiro atoms. The fourth-order valence-corrected chi connectivity index (χ4v) is 1.27. The molecule has 13 heavy (non-hydrogen) atoms. The Bertz CT molecular complexity index is 163. The van der Waals surface area contributed by atoms with E-state index in [4.69, 9.17) is 14.9 Å². The van der Waals surface area contributed by atoms with Gasteiger partial charge in [-0.05, 0) is 0 Å². The van der Waals surface area contributed by atoms with Crippen LogP contribution in [0.3, 0.4) is 0 Å². The molecular weight excluding hydrogens is 180 g/mol. The van der Waals surface area contributed by atoms with Crippen molar-refractivity contribution in [3.8, 4) is 0 Å². The Balaban J connectivity index is 2.52. The van der Waals surface area contributed by atoms with E-state index in [1.54, 1.807) is 0 Å². The molecule has 78 valence electrons. The van der Waals surface area contributed by atoms with Gasteiger partial charge in [0.05, 0.1) is 6.61 Å². The topological polar surface area (TPSA) is 99.4 Å². The Morgan fingerprint density at radius 2 is 1.92 bits per heavy atom. The van der Waals surface area contributed by atoms with Gasteiger partial charge in [0.1, 0.15) is 24.4 Å². The predicted octanol–water partition coefficient (Wildman–Crippen LogP) is -2.57. The van der Waals surface area contributed by atoms with E-state index in [0.717, 1.165) is 0 Å². The standard InChI is InChI=1S/C7H14O6/c1-12-2-3(8)6-4(9)5(10)7(11)13-6/h3-11H,2H2,1H3/t3-,4-,5+,6-,7?/m1/s1. The second kappa shape index (κ2) is 4.32. The summed E-state index contributed by atoms with van der Waals surface area (Å²) in [5.74, 6) is 0. The van der Waals surface area contributed by atoms with Gasteiger partial charge in [-0.1, -0.05) is 0 Å². The highest BCUT2D eigenvalue weighted by Crippen LogP contribution is 2.22. The van der Waals surface area contributed by atoms with E-state index in [1.165, 1.54) is 7.11 Å². The van der Waals surface area contributed by atoms with Crippen molar-refractivity contribution in [1.82, 2.24) is 0 Å². The van der Waals surface area contributed by atoms with Gasteiger partial charge in [-0.3, -0.25) is 0 Å². The molecular formula is C7H14O6. The van der Waals surface area contributed by atoms with Crippen molar-refractivity contribution in [3.63, 3.8) is 0 Å². The van der Waals surface area contributed by atoms with Crippen LogP contribution in [0.1, 0.15) is 0 Å². The van der Waals surface area contributed by atoms with Crippen molar-refractivity contribution >= 4 is 0 Å². The van der Waals surface area contributed by atoms with Crippen LogP contribution in [0, 0.1) is 0 Å². The van der Waals surface area contributed by atoms with Crippen molar-refractivity contribution in [3.05, 3.63) is 0 Å². The molecule has 0 aromatic carbocycles. The number of methoxy groups -OCH3 is 1. The normalized spacial score (nSPS) is 42.2. The number of hydrogen-bond donors (Lipinski definition) is 4. The van der Waals surface area contributed by atoms with Crippen LogP contribution >= 0.6 is 0 Å². The van der Waals surface area contributed by atoms with E-state index < -0.39 is 30.7 Å². The number of ether oxygens (including phenoxy) is 2. The van der Waals surface area contributed by atoms with Gasteiger partial charge in [0.25, 0.3) is 0 Å². The van der Waals surface area contributed by atoms with E-state index in [9.17, 15) is 10.2 Å². The van der Waals surface area contributed by atoms with Crippen molar-refractivity contribution in [2.45, 2.75) is 30.7 Å². The predicted molar refractivity (Wildman–Crippen MR) is 40.8 cm³/mol. The molecule has 1 fully saturated rings. The highest BCUT2D eigenvalue weighted by atomic mass is 16.7. The highest BCUT2D eigenvalue weighted by molar-refractivity contribution is 4.89. The summed E-state index contributed by atoms with van der Waals surface area (Å²) in [5, 5.41) is 36.6. The largest absolute Gasteiger partial charge is 0.388 e. The van der Waals surface area contributed by atoms with Gasteiger partial charge in [0.2, 0.25) is 0 Å². The first kappa shape index (κ1) is 10.8. The van der Waals surface area contributed by atoms with Crippen LogP contribution in [0.4, 0.5) is 0 Å². The van der Waals surface area contributed by atoms with Crippen LogP contribution < -0.4 is 0 Å². The van der Waals surface area contributed by atoms with Crippen molar-refractivity contribution in [2.24, 2.45) is 0 Å². The zero-order valence-electron chi connectivity index (χ0n) is 7.20. The quantitative estimate of drug-likeness (QED) is 0.394. The average molecular weight is 194 g/mol. The van der Waals surface area contributed by atoms with Gasteiger partial charge in [0.15, 0.2) is 6.29 Å². The molecule has 1 aliphatic heterocycles. The zero-order valence-corrected chi connectivity index (χ0v) is 7.20. The molecule has 6 nitrogen and oxygen atoms in total. The third-order valence-electron chi connectivity index (χ3n) is 1.99. The fourth-order valence-electron chi connectivity index (χ4n) is 1.27. The van der Waals surface area contributed by atoms with Crippen LogP contribution in [0.5, 0.6) is 0 Å². The molecule has 1 heterocycles. The summed E-state index contributed by atoms with van der Waals surface area (Å²) >= 11 is 0. The van der Waals surface area contributed by atoms with Crippen molar-refractivity contribution in [1.29, 1.82) is 0 Å². The SMILES string of the molecule is COC[C@@H](O)[C@H]1OC(O)[C@@H](O)[C@H]1O. The first-order chi connectivity index (χ1) is 6.07. The van der Waals surface area contributed by atoms with Crippen molar-refractivity contribution < 1.29 is 29.9 Å². The van der Waals surface area contributed by atoms with Gasteiger partial charge in [-0.2, -0.15) is 0 Å². The molecule has 6 heteroatoms. The lowest BCUT2D eigenvalue weighted by Crippen LogP contribution is -2.40. The smallest absolute Gasteiger partial charge is 0.184 e. The van der Waals surface area contributed by atoms with Crippen molar-refractivity contribution in [2.75, 3.05) is 13.7 Å². The zero-order chi connectivity index (χ0) is 10.0. The Labute approximate surface area is 75.3 Å². The Kier molecular flexibility index (Phi) is 3.60. The summed E-state index contributed by atoms with van der Waals surface area (Å²) in [6.45, 7) is -0.0266. The first-order valence-corrected chi connectivity index (χ1v) is 3.94. The minimum absolute atomic E-state index is 0.0266. The lowest BCUT2D eigenvalue weighted by Gasteiger charge is -2.19. The Hall–Kier alpha value is -0.240. The summed E-state index contributed by atoms with van der Waals surface area (Å²) in [4.78, 5) is 0. The van der Waals surface area contributed by atoms with Crippen LogP contribution in [0.2, 0.25) is 0 Å². The summed E-state index contributed by atoms with van der Waals surface area (Å²) in [6, 6.07) is 0. The number of hydrogen-bond acceptors (Lipinski definition) is 6. The molecule has 1 rings (SSSR count). The third kappa shape index (κ3) is 2.16. The monoisotopic (exact) mass is 194 g/mol. The molecule has 0 amide bonds. The van der Waals surface area contributed by atoms with E-state index >= 15 is 0 Å². The van der Waals surface area contributed by atoms with Gasteiger partial charge < -0.3 is 29.9 Å². The minimum atomic E-state index is -1.45. The third-order valence-corrected chi connectivity index (χ3v) is 1.99. The van der Waals surface area contributed by atoms with E-state index in [2.05, 4.69) is 4.74 Å².